The zero-order chi connectivity index (χ0) is 25.9. The lowest BCUT2D eigenvalue weighted by Crippen LogP contribution is -2.46. The number of nitrogens with zero attached hydrogens (tertiary/aromatic N) is 2. The van der Waals surface area contributed by atoms with Gasteiger partial charge in [0.25, 0.3) is 0 Å². The van der Waals surface area contributed by atoms with Gasteiger partial charge in [-0.2, -0.15) is 23.4 Å². The maximum Gasteiger partial charge on any atom is 0.418 e. The van der Waals surface area contributed by atoms with Crippen molar-refractivity contribution in [1.29, 1.82) is 0 Å². The Bertz CT molecular complexity index is 1290. The number of carboxylic acids is 1. The van der Waals surface area contributed by atoms with Gasteiger partial charge in [-0.25, -0.2) is 9.18 Å². The fourth-order valence-corrected chi connectivity index (χ4v) is 4.00. The summed E-state index contributed by atoms with van der Waals surface area (Å²) in [6.07, 6.45) is -3.23. The van der Waals surface area contributed by atoms with Gasteiger partial charge in [0.05, 0.1) is 35.3 Å². The first kappa shape index (κ1) is 25.0. The van der Waals surface area contributed by atoms with Crippen LogP contribution in [0, 0.1) is 5.82 Å². The topological polar surface area (TPSA) is 113 Å². The Kier molecular flexibility index (Phi) is 6.88. The number of aromatic nitrogens is 2. The molecular weight excluding hydrogens is 484 g/mol. The van der Waals surface area contributed by atoms with Crippen LogP contribution >= 0.6 is 0 Å². The van der Waals surface area contributed by atoms with Gasteiger partial charge in [0.15, 0.2) is 0 Å². The Hall–Kier alpha value is -4.06. The molecule has 0 saturated carbocycles. The van der Waals surface area contributed by atoms with Crippen molar-refractivity contribution >= 4 is 23.3 Å². The summed E-state index contributed by atoms with van der Waals surface area (Å²) in [6.45, 7) is -0.187. The minimum absolute atomic E-state index is 0.0455. The van der Waals surface area contributed by atoms with E-state index >= 15 is 0 Å². The predicted octanol–water partition coefficient (Wildman–Crippen LogP) is 4.05. The van der Waals surface area contributed by atoms with Crippen molar-refractivity contribution in [3.63, 3.8) is 0 Å². The number of hydrogen-bond donors (Lipinski definition) is 3. The second-order valence-electron chi connectivity index (χ2n) is 8.14. The molecule has 2 heterocycles. The van der Waals surface area contributed by atoms with Crippen LogP contribution in [-0.4, -0.2) is 40.4 Å². The first-order valence-electron chi connectivity index (χ1n) is 10.7. The molecule has 0 aliphatic carbocycles. The summed E-state index contributed by atoms with van der Waals surface area (Å²) in [7, 11) is 0. The second kappa shape index (κ2) is 9.90. The Labute approximate surface area is 202 Å². The predicted molar refractivity (Wildman–Crippen MR) is 119 cm³/mol. The highest BCUT2D eigenvalue weighted by molar-refractivity contribution is 5.95. The highest BCUT2D eigenvalue weighted by Gasteiger charge is 2.47. The lowest BCUT2D eigenvalue weighted by Gasteiger charge is -2.26. The van der Waals surface area contributed by atoms with Crippen LogP contribution in [0.4, 0.5) is 28.9 Å². The summed E-state index contributed by atoms with van der Waals surface area (Å²) < 4.78 is 59.8. The van der Waals surface area contributed by atoms with E-state index in [-0.39, 0.29) is 54.4 Å². The number of alkyl halides is 3. The van der Waals surface area contributed by atoms with Gasteiger partial charge in [-0.05, 0) is 36.8 Å². The number of anilines is 2. The van der Waals surface area contributed by atoms with Gasteiger partial charge in [0.1, 0.15) is 11.2 Å². The molecule has 8 nitrogen and oxygen atoms in total. The Morgan fingerprint density at radius 3 is 2.58 bits per heavy atom. The molecule has 12 heteroatoms. The van der Waals surface area contributed by atoms with Gasteiger partial charge in [-0.3, -0.25) is 4.79 Å². The summed E-state index contributed by atoms with van der Waals surface area (Å²) in [5.74, 6) is -2.64. The van der Waals surface area contributed by atoms with Crippen LogP contribution in [0.1, 0.15) is 33.6 Å². The van der Waals surface area contributed by atoms with E-state index in [9.17, 15) is 32.3 Å². The summed E-state index contributed by atoms with van der Waals surface area (Å²) in [4.78, 5) is 24.8. The monoisotopic (exact) mass is 504 g/mol. The quantitative estimate of drug-likeness (QED) is 0.416. The van der Waals surface area contributed by atoms with Crippen LogP contribution in [0.2, 0.25) is 0 Å². The van der Waals surface area contributed by atoms with E-state index in [1.807, 2.05) is 0 Å². The van der Waals surface area contributed by atoms with E-state index in [1.165, 1.54) is 42.6 Å². The highest BCUT2D eigenvalue weighted by atomic mass is 19.4. The van der Waals surface area contributed by atoms with Gasteiger partial charge in [0, 0.05) is 24.4 Å². The number of nitrogens with one attached hydrogen (secondary N) is 2. The number of carbonyl (C=O) groups is 2. The molecule has 1 unspecified atom stereocenters. The smallest absolute Gasteiger partial charge is 0.418 e. The van der Waals surface area contributed by atoms with Crippen molar-refractivity contribution in [3.8, 4) is 0 Å². The van der Waals surface area contributed by atoms with Gasteiger partial charge >= 0.3 is 12.1 Å². The lowest BCUT2D eigenvalue weighted by molar-refractivity contribution is -0.137. The fourth-order valence-electron chi connectivity index (χ4n) is 4.00. The summed E-state index contributed by atoms with van der Waals surface area (Å²) in [5, 5.41) is 22.3. The number of halogens is 4. The molecule has 1 aliphatic rings. The summed E-state index contributed by atoms with van der Waals surface area (Å²) in [5.41, 5.74) is -2.61. The van der Waals surface area contributed by atoms with Crippen molar-refractivity contribution < 1.29 is 37.0 Å². The normalized spacial score (nSPS) is 17.6. The molecule has 188 valence electrons. The molecule has 0 spiro atoms. The molecule has 3 aromatic rings. The second-order valence-corrected chi connectivity index (χ2v) is 8.14. The zero-order valence-electron chi connectivity index (χ0n) is 18.6. The fraction of sp³-hybridized carbons (Fsp3) is 0.250. The molecule has 1 amide bonds. The first-order chi connectivity index (χ1) is 17.1. The largest absolute Gasteiger partial charge is 0.478 e. The maximum absolute atomic E-state index is 14.8. The average molecular weight is 504 g/mol. The van der Waals surface area contributed by atoms with E-state index in [4.69, 9.17) is 4.74 Å². The number of hydrogen-bond acceptors (Lipinski definition) is 6. The van der Waals surface area contributed by atoms with E-state index in [0.717, 1.165) is 12.1 Å². The molecule has 1 aromatic heterocycles. The number of amides is 1. The van der Waals surface area contributed by atoms with E-state index in [0.29, 0.717) is 0 Å². The van der Waals surface area contributed by atoms with Crippen molar-refractivity contribution in [1.82, 2.24) is 15.5 Å². The third-order valence-corrected chi connectivity index (χ3v) is 5.86. The van der Waals surface area contributed by atoms with E-state index in [1.54, 1.807) is 0 Å². The highest BCUT2D eigenvalue weighted by Crippen LogP contribution is 2.36. The van der Waals surface area contributed by atoms with Crippen LogP contribution in [0.25, 0.3) is 0 Å². The van der Waals surface area contributed by atoms with Gasteiger partial charge in [0.2, 0.25) is 5.91 Å². The van der Waals surface area contributed by atoms with Crippen LogP contribution in [0.3, 0.4) is 0 Å². The number of benzene rings is 2. The molecule has 1 aliphatic heterocycles. The molecule has 36 heavy (non-hydrogen) atoms. The minimum atomic E-state index is -4.59. The molecule has 3 N–H and O–H groups in total. The molecule has 0 radical (unpaired) electrons. The molecule has 0 bridgehead atoms. The van der Waals surface area contributed by atoms with Crippen LogP contribution in [-0.2, 0) is 27.7 Å². The van der Waals surface area contributed by atoms with Crippen molar-refractivity contribution in [2.45, 2.75) is 24.6 Å². The van der Waals surface area contributed by atoms with Crippen LogP contribution < -0.4 is 10.6 Å². The van der Waals surface area contributed by atoms with Crippen molar-refractivity contribution in [2.24, 2.45) is 0 Å². The molecule has 4 rings (SSSR count). The summed E-state index contributed by atoms with van der Waals surface area (Å²) >= 11 is 0. The Morgan fingerprint density at radius 2 is 1.92 bits per heavy atom. The first-order valence-corrected chi connectivity index (χ1v) is 10.7. The molecular formula is C24H20F4N4O4. The number of aromatic carboxylic acids is 1. The number of carboxylic acid groups (broad SMARTS) is 1. The standard InChI is InChI=1S/C24H20F4N4O4/c25-18-11-15(31-19-4-2-1-3-17(19)24(26,27)28)6-5-14(18)12-29-22(35)23(8-10-36-13-23)20-16(21(33)34)7-9-30-32-20/h1-7,9,11,31H,8,10,12-13H2,(H,29,35)(H,33,34). The third kappa shape index (κ3) is 4.98. The molecule has 1 fully saturated rings. The average Bonchev–Trinajstić information content (AvgIpc) is 3.34. The lowest BCUT2D eigenvalue weighted by atomic mass is 9.80. The molecule has 1 atom stereocenters. The zero-order valence-corrected chi connectivity index (χ0v) is 18.6. The number of ether oxygens (including phenoxy) is 1. The Balaban J connectivity index is 1.51. The van der Waals surface area contributed by atoms with Crippen LogP contribution in [0.5, 0.6) is 0 Å². The van der Waals surface area contributed by atoms with Crippen LogP contribution in [0.15, 0.2) is 54.7 Å². The van der Waals surface area contributed by atoms with E-state index < -0.39 is 34.8 Å². The maximum atomic E-state index is 14.8. The van der Waals surface area contributed by atoms with Gasteiger partial charge in [-0.1, -0.05) is 18.2 Å². The number of para-hydroxylation sites is 1. The SMILES string of the molecule is O=C(O)c1ccnnc1C1(C(=O)NCc2ccc(Nc3ccccc3C(F)(F)F)cc2F)CCOC1. The molecule has 2 aromatic carbocycles. The van der Waals surface area contributed by atoms with E-state index in [2.05, 4.69) is 20.8 Å². The Morgan fingerprint density at radius 1 is 1.14 bits per heavy atom. The number of carbonyl (C=O) groups excluding carboxylic acids is 1. The summed E-state index contributed by atoms with van der Waals surface area (Å²) in [6, 6.07) is 9.80. The number of rotatable bonds is 7. The van der Waals surface area contributed by atoms with Gasteiger partial charge < -0.3 is 20.5 Å². The third-order valence-electron chi connectivity index (χ3n) is 5.86. The molecule has 1 saturated heterocycles. The van der Waals surface area contributed by atoms with Crippen molar-refractivity contribution in [3.05, 3.63) is 82.9 Å². The minimum Gasteiger partial charge on any atom is -0.478 e. The van der Waals surface area contributed by atoms with Crippen molar-refractivity contribution in [2.75, 3.05) is 18.5 Å². The van der Waals surface area contributed by atoms with Gasteiger partial charge in [-0.15, -0.1) is 0 Å².